The third-order valence-electron chi connectivity index (χ3n) is 8.89. The number of nitro groups is 2. The number of hydrogen-bond donors (Lipinski definition) is 2. The van der Waals surface area contributed by atoms with Crippen molar-refractivity contribution in [3.63, 3.8) is 0 Å². The summed E-state index contributed by atoms with van der Waals surface area (Å²) in [5.41, 5.74) is 7.29. The Balaban J connectivity index is 0.000000182. The first-order valence-electron chi connectivity index (χ1n) is 18.9. The fourth-order valence-electron chi connectivity index (χ4n) is 5.85. The first-order valence-corrected chi connectivity index (χ1v) is 19.3. The van der Waals surface area contributed by atoms with Crippen LogP contribution in [0, 0.1) is 20.2 Å². The Bertz CT molecular complexity index is 2980. The average molecular weight is 899 g/mol. The summed E-state index contributed by atoms with van der Waals surface area (Å²) in [7, 11) is 2.55. The molecule has 0 aliphatic rings. The Kier molecular flexibility index (Phi) is 15.3. The molecule has 0 atom stereocenters. The highest BCUT2D eigenvalue weighted by Gasteiger charge is 2.16. The highest BCUT2D eigenvalue weighted by Crippen LogP contribution is 2.34. The third kappa shape index (κ3) is 12.1. The van der Waals surface area contributed by atoms with Crippen LogP contribution in [0.3, 0.4) is 0 Å². The topological polar surface area (TPSA) is 273 Å². The van der Waals surface area contributed by atoms with Crippen LogP contribution in [0.5, 0.6) is 11.5 Å². The number of halogens is 1. The number of nitrogen functional groups attached to an aromatic ring is 1. The highest BCUT2D eigenvalue weighted by atomic mass is 35.5. The van der Waals surface area contributed by atoms with Crippen LogP contribution in [0.4, 0.5) is 28.8 Å². The molecule has 0 unspecified atom stereocenters. The summed E-state index contributed by atoms with van der Waals surface area (Å²) < 4.78 is 20.7. The number of pyridine rings is 2. The number of ether oxygens (including phenoxy) is 4. The number of methoxy groups -OCH3 is 2. The number of nitrogens with one attached hydrogen (secondary N) is 1. The van der Waals surface area contributed by atoms with E-state index < -0.39 is 21.8 Å². The van der Waals surface area contributed by atoms with E-state index in [9.17, 15) is 29.8 Å². The molecule has 20 nitrogen and oxygen atoms in total. The van der Waals surface area contributed by atoms with Crippen molar-refractivity contribution >= 4 is 73.9 Å². The molecular weight excluding hydrogens is 864 g/mol. The third-order valence-corrected chi connectivity index (χ3v) is 9.10. The number of hydrogen-bond acceptors (Lipinski definition) is 18. The summed E-state index contributed by atoms with van der Waals surface area (Å²) in [6, 6.07) is 27.3. The van der Waals surface area contributed by atoms with Crippen molar-refractivity contribution in [3.05, 3.63) is 182 Å². The Morgan fingerprint density at radius 1 is 0.600 bits per heavy atom. The quantitative estimate of drug-likeness (QED) is 0.0505. The van der Waals surface area contributed by atoms with E-state index in [4.69, 9.17) is 26.8 Å². The van der Waals surface area contributed by atoms with Gasteiger partial charge in [-0.1, -0.05) is 48.0 Å². The van der Waals surface area contributed by atoms with Crippen molar-refractivity contribution in [2.75, 3.05) is 25.3 Å². The fraction of sp³-hybridized carbons (Fsp3) is 0.0909. The van der Waals surface area contributed by atoms with Crippen molar-refractivity contribution in [1.29, 1.82) is 0 Å². The van der Waals surface area contributed by atoms with E-state index in [1.165, 1.54) is 51.1 Å². The number of fused-ring (bicyclic) bond motifs is 2. The van der Waals surface area contributed by atoms with Crippen LogP contribution < -0.4 is 20.5 Å². The predicted molar refractivity (Wildman–Crippen MR) is 238 cm³/mol. The molecular formula is C44H35ClN10O10. The van der Waals surface area contributed by atoms with Crippen molar-refractivity contribution in [2.45, 2.75) is 13.2 Å². The monoisotopic (exact) mass is 898 g/mol. The summed E-state index contributed by atoms with van der Waals surface area (Å²) in [4.78, 5) is 67.4. The number of nitrogens with two attached hydrogens (primary N) is 1. The number of anilines is 3. The Labute approximate surface area is 373 Å². The van der Waals surface area contributed by atoms with Crippen molar-refractivity contribution < 1.29 is 38.4 Å². The minimum atomic E-state index is -0.569. The van der Waals surface area contributed by atoms with Crippen LogP contribution in [0.25, 0.3) is 21.5 Å². The zero-order valence-corrected chi connectivity index (χ0v) is 35.0. The molecule has 328 valence electrons. The van der Waals surface area contributed by atoms with Crippen LogP contribution in [-0.4, -0.2) is 65.9 Å². The zero-order chi connectivity index (χ0) is 46.3. The molecule has 4 aromatic heterocycles. The molecule has 0 saturated carbocycles. The van der Waals surface area contributed by atoms with E-state index in [2.05, 4.69) is 44.7 Å². The molecule has 0 saturated heterocycles. The number of rotatable bonds is 12. The molecule has 0 amide bonds. The molecule has 4 heterocycles. The van der Waals surface area contributed by atoms with E-state index in [0.717, 1.165) is 11.1 Å². The van der Waals surface area contributed by atoms with Gasteiger partial charge >= 0.3 is 11.9 Å². The van der Waals surface area contributed by atoms with Crippen LogP contribution in [-0.2, 0) is 22.7 Å². The minimum absolute atomic E-state index is 0.0303. The van der Waals surface area contributed by atoms with E-state index >= 15 is 0 Å². The van der Waals surface area contributed by atoms with Gasteiger partial charge < -0.3 is 30.0 Å². The van der Waals surface area contributed by atoms with E-state index in [1.54, 1.807) is 91.3 Å². The molecule has 4 aromatic carbocycles. The van der Waals surface area contributed by atoms with Crippen molar-refractivity contribution in [1.82, 2.24) is 29.9 Å². The molecule has 65 heavy (non-hydrogen) atoms. The Morgan fingerprint density at radius 3 is 1.55 bits per heavy atom. The molecule has 8 rings (SSSR count). The van der Waals surface area contributed by atoms with Crippen LogP contribution in [0.15, 0.2) is 134 Å². The number of benzene rings is 4. The van der Waals surface area contributed by atoms with Gasteiger partial charge in [-0.15, -0.1) is 0 Å². The van der Waals surface area contributed by atoms with Crippen molar-refractivity contribution in [3.8, 4) is 11.5 Å². The Morgan fingerprint density at radius 2 is 1.09 bits per heavy atom. The first-order chi connectivity index (χ1) is 31.4. The van der Waals surface area contributed by atoms with E-state index in [0.29, 0.717) is 56.4 Å². The second-order valence-electron chi connectivity index (χ2n) is 13.1. The number of non-ortho nitro benzene ring substituents is 2. The molecule has 0 aliphatic carbocycles. The van der Waals surface area contributed by atoms with E-state index in [1.807, 2.05) is 6.07 Å². The molecule has 8 aromatic rings. The minimum Gasteiger partial charge on any atom is -0.488 e. The van der Waals surface area contributed by atoms with Crippen LogP contribution in [0.1, 0.15) is 32.1 Å². The van der Waals surface area contributed by atoms with Gasteiger partial charge in [0.2, 0.25) is 0 Å². The Hall–Kier alpha value is -8.91. The average Bonchev–Trinajstić information content (AvgIpc) is 3.32. The van der Waals surface area contributed by atoms with Gasteiger partial charge in [0.15, 0.2) is 11.4 Å². The number of nitro benzene ring substituents is 2. The maximum atomic E-state index is 11.4. The van der Waals surface area contributed by atoms with Crippen LogP contribution >= 0.6 is 11.6 Å². The predicted octanol–water partition coefficient (Wildman–Crippen LogP) is 8.26. The van der Waals surface area contributed by atoms with Gasteiger partial charge in [-0.05, 0) is 59.7 Å². The number of carbonyl (C=O) groups is 2. The zero-order valence-electron chi connectivity index (χ0n) is 34.2. The lowest BCUT2D eigenvalue weighted by Crippen LogP contribution is -2.06. The van der Waals surface area contributed by atoms with Gasteiger partial charge in [-0.2, -0.15) is 0 Å². The largest absolute Gasteiger partial charge is 0.488 e. The lowest BCUT2D eigenvalue weighted by Gasteiger charge is -2.11. The lowest BCUT2D eigenvalue weighted by molar-refractivity contribution is -0.383. The standard InChI is InChI=1S/C22H17N5O5.C16H11ClN2O3.C6H7N3O2/c1-31-22(28)17-11-25-21(12-24-17)26-20-10-14(8-9-23-20)13-32-19-7-6-18(27(29)30)15-4-2-3-5-16(15)19;17-16-9-11(7-8-18-16)10-22-15-6-5-14(19(20)21)12-3-1-2-4-13(12)15;1-11-6(10)4-2-9-5(7)3-8-4/h2-12H,13H2,1H3,(H,23,25,26);1-9H,10H2;2-3H,1H3,(H2,7,9). The molecule has 0 bridgehead atoms. The molecule has 3 N–H and O–H groups in total. The normalized spacial score (nSPS) is 10.3. The van der Waals surface area contributed by atoms with Gasteiger partial charge in [0, 0.05) is 35.3 Å². The lowest BCUT2D eigenvalue weighted by atomic mass is 10.1. The smallest absolute Gasteiger partial charge is 0.358 e. The molecule has 0 radical (unpaired) electrons. The highest BCUT2D eigenvalue weighted by molar-refractivity contribution is 6.29. The van der Waals surface area contributed by atoms with E-state index in [-0.39, 0.29) is 35.2 Å². The molecule has 0 aliphatic heterocycles. The summed E-state index contributed by atoms with van der Waals surface area (Å²) in [5.74, 6) is 1.25. The first kappa shape index (κ1) is 45.6. The SMILES string of the molecule is COC(=O)c1cnc(N)cn1.COC(=O)c1cnc(Nc2cc(COc3ccc([N+](=O)[O-])c4ccccc34)ccn2)cn1.O=[N+]([O-])c1ccc(OCc2ccnc(Cl)c2)c2ccccc12. The summed E-state index contributed by atoms with van der Waals surface area (Å²) >= 11 is 5.84. The van der Waals surface area contributed by atoms with Gasteiger partial charge in [0.05, 0.1) is 59.6 Å². The summed E-state index contributed by atoms with van der Waals surface area (Å²) in [5, 5.41) is 28.2. The van der Waals surface area contributed by atoms with Gasteiger partial charge in [-0.3, -0.25) is 20.2 Å². The number of aromatic nitrogens is 6. The molecule has 21 heteroatoms. The van der Waals surface area contributed by atoms with Gasteiger partial charge in [0.1, 0.15) is 47.3 Å². The number of esters is 2. The molecule has 0 fully saturated rings. The van der Waals surface area contributed by atoms with Gasteiger partial charge in [0.25, 0.3) is 11.4 Å². The van der Waals surface area contributed by atoms with Crippen LogP contribution in [0.2, 0.25) is 5.15 Å². The number of nitrogens with zero attached hydrogens (tertiary/aromatic N) is 8. The fourth-order valence-corrected chi connectivity index (χ4v) is 6.05. The maximum absolute atomic E-state index is 11.4. The summed E-state index contributed by atoms with van der Waals surface area (Å²) in [6.07, 6.45) is 8.49. The van der Waals surface area contributed by atoms with Gasteiger partial charge in [-0.25, -0.2) is 39.5 Å². The number of carbonyl (C=O) groups excluding carboxylic acids is 2. The second kappa shape index (κ2) is 21.7. The second-order valence-corrected chi connectivity index (χ2v) is 13.5. The summed E-state index contributed by atoms with van der Waals surface area (Å²) in [6.45, 7) is 0.538. The molecule has 0 spiro atoms. The van der Waals surface area contributed by atoms with Crippen molar-refractivity contribution in [2.24, 2.45) is 0 Å². The maximum Gasteiger partial charge on any atom is 0.358 e.